The van der Waals surface area contributed by atoms with Crippen molar-refractivity contribution in [2.75, 3.05) is 20.6 Å². The van der Waals surface area contributed by atoms with Crippen molar-refractivity contribution in [3.63, 3.8) is 0 Å². The fourth-order valence-corrected chi connectivity index (χ4v) is 2.04. The van der Waals surface area contributed by atoms with E-state index in [0.29, 0.717) is 5.96 Å². The SMILES string of the molecule is CC1C=C(N(C)CCc2ccccc2)N=C(N)N1C.I. The summed E-state index contributed by atoms with van der Waals surface area (Å²) < 4.78 is 0. The molecule has 1 unspecified atom stereocenters. The maximum Gasteiger partial charge on any atom is 0.198 e. The van der Waals surface area contributed by atoms with Gasteiger partial charge in [0, 0.05) is 20.6 Å². The Balaban J connectivity index is 0.00000200. The average molecular weight is 386 g/mol. The number of benzene rings is 1. The summed E-state index contributed by atoms with van der Waals surface area (Å²) in [7, 11) is 4.02. The lowest BCUT2D eigenvalue weighted by molar-refractivity contribution is 0.377. The molecule has 1 heterocycles. The van der Waals surface area contributed by atoms with Crippen molar-refractivity contribution < 1.29 is 0 Å². The molecule has 0 bridgehead atoms. The maximum atomic E-state index is 5.91. The Labute approximate surface area is 138 Å². The first kappa shape index (κ1) is 16.8. The van der Waals surface area contributed by atoms with Crippen molar-refractivity contribution in [2.24, 2.45) is 10.7 Å². The van der Waals surface area contributed by atoms with Crippen LogP contribution in [-0.2, 0) is 6.42 Å². The van der Waals surface area contributed by atoms with Gasteiger partial charge in [0.15, 0.2) is 5.96 Å². The summed E-state index contributed by atoms with van der Waals surface area (Å²) in [6.45, 7) is 3.05. The van der Waals surface area contributed by atoms with Gasteiger partial charge in [-0.2, -0.15) is 4.99 Å². The first-order valence-corrected chi connectivity index (χ1v) is 6.62. The van der Waals surface area contributed by atoms with Gasteiger partial charge in [-0.25, -0.2) is 0 Å². The summed E-state index contributed by atoms with van der Waals surface area (Å²) in [4.78, 5) is 8.56. The van der Waals surface area contributed by atoms with Crippen LogP contribution in [0.1, 0.15) is 12.5 Å². The predicted molar refractivity (Wildman–Crippen MR) is 95.1 cm³/mol. The largest absolute Gasteiger partial charge is 0.369 e. The summed E-state index contributed by atoms with van der Waals surface area (Å²) in [6, 6.07) is 10.8. The first-order valence-electron chi connectivity index (χ1n) is 6.62. The van der Waals surface area contributed by atoms with Crippen molar-refractivity contribution in [3.05, 3.63) is 47.8 Å². The second kappa shape index (κ2) is 7.52. The number of likely N-dealkylation sites (N-methyl/N-ethyl adjacent to an activating group) is 2. The minimum atomic E-state index is 0. The lowest BCUT2D eigenvalue weighted by Crippen LogP contribution is -2.43. The molecule has 0 saturated heterocycles. The third-order valence-electron chi connectivity index (χ3n) is 3.56. The van der Waals surface area contributed by atoms with E-state index in [0.717, 1.165) is 18.8 Å². The maximum absolute atomic E-state index is 5.91. The fourth-order valence-electron chi connectivity index (χ4n) is 2.04. The molecule has 0 aliphatic carbocycles. The predicted octanol–water partition coefficient (Wildman–Crippen LogP) is 2.27. The van der Waals surface area contributed by atoms with E-state index in [4.69, 9.17) is 5.73 Å². The molecule has 2 N–H and O–H groups in total. The summed E-state index contributed by atoms with van der Waals surface area (Å²) in [6.07, 6.45) is 3.15. The standard InChI is InChI=1S/C15H22N4.HI/c1-12-11-14(17-15(16)19(12)3)18(2)10-9-13-7-5-4-6-8-13;/h4-8,11-12H,9-10H2,1-3H3,(H2,16,17);1H. The number of halogens is 1. The molecule has 0 saturated carbocycles. The molecular formula is C15H23IN4. The summed E-state index contributed by atoms with van der Waals surface area (Å²) >= 11 is 0. The highest BCUT2D eigenvalue weighted by molar-refractivity contribution is 14.0. The van der Waals surface area contributed by atoms with Crippen LogP contribution in [0.25, 0.3) is 0 Å². The van der Waals surface area contributed by atoms with Gasteiger partial charge in [-0.15, -0.1) is 24.0 Å². The van der Waals surface area contributed by atoms with Gasteiger partial charge in [0.05, 0.1) is 6.04 Å². The second-order valence-electron chi connectivity index (χ2n) is 5.00. The Morgan fingerprint density at radius 1 is 1.30 bits per heavy atom. The number of hydrogen-bond acceptors (Lipinski definition) is 4. The van der Waals surface area contributed by atoms with Gasteiger partial charge in [-0.3, -0.25) is 0 Å². The van der Waals surface area contributed by atoms with Gasteiger partial charge >= 0.3 is 0 Å². The van der Waals surface area contributed by atoms with E-state index >= 15 is 0 Å². The lowest BCUT2D eigenvalue weighted by atomic mass is 10.1. The average Bonchev–Trinajstić information content (AvgIpc) is 2.42. The molecule has 0 radical (unpaired) electrons. The second-order valence-corrected chi connectivity index (χ2v) is 5.00. The van der Waals surface area contributed by atoms with Crippen LogP contribution in [0.3, 0.4) is 0 Å². The number of rotatable bonds is 4. The quantitative estimate of drug-likeness (QED) is 0.808. The molecule has 0 amide bonds. The minimum absolute atomic E-state index is 0. The molecule has 1 aliphatic rings. The zero-order valence-corrected chi connectivity index (χ0v) is 14.6. The molecule has 4 nitrogen and oxygen atoms in total. The Morgan fingerprint density at radius 3 is 2.55 bits per heavy atom. The smallest absolute Gasteiger partial charge is 0.198 e. The highest BCUT2D eigenvalue weighted by Crippen LogP contribution is 2.14. The van der Waals surface area contributed by atoms with E-state index in [9.17, 15) is 0 Å². The Hall–Kier alpha value is -1.24. The Bertz CT molecular complexity index is 484. The number of nitrogens with two attached hydrogens (primary N) is 1. The number of nitrogens with zero attached hydrogens (tertiary/aromatic N) is 3. The van der Waals surface area contributed by atoms with E-state index in [2.05, 4.69) is 54.2 Å². The molecule has 0 aromatic heterocycles. The van der Waals surface area contributed by atoms with Gasteiger partial charge in [-0.1, -0.05) is 30.3 Å². The van der Waals surface area contributed by atoms with Gasteiger partial charge in [0.25, 0.3) is 0 Å². The van der Waals surface area contributed by atoms with Crippen molar-refractivity contribution in [1.29, 1.82) is 0 Å². The van der Waals surface area contributed by atoms with Gasteiger partial charge < -0.3 is 15.5 Å². The first-order chi connectivity index (χ1) is 9.08. The van der Waals surface area contributed by atoms with Gasteiger partial charge in [0.2, 0.25) is 0 Å². The van der Waals surface area contributed by atoms with Gasteiger partial charge in [-0.05, 0) is 25.0 Å². The van der Waals surface area contributed by atoms with Crippen LogP contribution in [0.2, 0.25) is 0 Å². The lowest BCUT2D eigenvalue weighted by Gasteiger charge is -2.31. The van der Waals surface area contributed by atoms with Crippen LogP contribution in [0.4, 0.5) is 0 Å². The number of aliphatic imine (C=N–C) groups is 1. The molecule has 20 heavy (non-hydrogen) atoms. The van der Waals surface area contributed by atoms with Crippen LogP contribution in [0, 0.1) is 0 Å². The molecule has 1 aromatic carbocycles. The molecule has 110 valence electrons. The molecule has 0 fully saturated rings. The highest BCUT2D eigenvalue weighted by Gasteiger charge is 2.17. The Morgan fingerprint density at radius 2 is 1.95 bits per heavy atom. The minimum Gasteiger partial charge on any atom is -0.369 e. The molecule has 1 atom stereocenters. The zero-order chi connectivity index (χ0) is 13.8. The molecule has 5 heteroatoms. The normalized spacial score (nSPS) is 17.9. The van der Waals surface area contributed by atoms with Crippen molar-refractivity contribution in [1.82, 2.24) is 9.80 Å². The molecule has 1 aromatic rings. The van der Waals surface area contributed by atoms with Crippen LogP contribution in [-0.4, -0.2) is 42.4 Å². The van der Waals surface area contributed by atoms with Gasteiger partial charge in [0.1, 0.15) is 5.82 Å². The van der Waals surface area contributed by atoms with E-state index in [-0.39, 0.29) is 30.0 Å². The summed E-state index contributed by atoms with van der Waals surface area (Å²) in [5.41, 5.74) is 7.25. The van der Waals surface area contributed by atoms with Crippen molar-refractivity contribution in [2.45, 2.75) is 19.4 Å². The molecule has 1 aliphatic heterocycles. The van der Waals surface area contributed by atoms with E-state index in [1.165, 1.54) is 5.56 Å². The van der Waals surface area contributed by atoms with Crippen molar-refractivity contribution in [3.8, 4) is 0 Å². The van der Waals surface area contributed by atoms with E-state index in [1.807, 2.05) is 18.0 Å². The molecule has 0 spiro atoms. The monoisotopic (exact) mass is 386 g/mol. The molecular weight excluding hydrogens is 363 g/mol. The zero-order valence-electron chi connectivity index (χ0n) is 12.3. The van der Waals surface area contributed by atoms with Crippen LogP contribution in [0.5, 0.6) is 0 Å². The highest BCUT2D eigenvalue weighted by atomic mass is 127. The van der Waals surface area contributed by atoms with Crippen LogP contribution < -0.4 is 5.73 Å². The molecule has 2 rings (SSSR count). The van der Waals surface area contributed by atoms with Crippen LogP contribution in [0.15, 0.2) is 47.2 Å². The third kappa shape index (κ3) is 4.13. The van der Waals surface area contributed by atoms with E-state index in [1.54, 1.807) is 0 Å². The van der Waals surface area contributed by atoms with E-state index < -0.39 is 0 Å². The number of guanidine groups is 1. The summed E-state index contributed by atoms with van der Waals surface area (Å²) in [5, 5.41) is 0. The summed E-state index contributed by atoms with van der Waals surface area (Å²) in [5.74, 6) is 1.54. The third-order valence-corrected chi connectivity index (χ3v) is 3.56. The Kier molecular flexibility index (Phi) is 6.32. The fraction of sp³-hybridized carbons (Fsp3) is 0.400. The van der Waals surface area contributed by atoms with Crippen LogP contribution >= 0.6 is 24.0 Å². The number of hydrogen-bond donors (Lipinski definition) is 1. The van der Waals surface area contributed by atoms with Crippen molar-refractivity contribution >= 4 is 29.9 Å². The topological polar surface area (TPSA) is 44.9 Å².